The molecule has 0 heterocycles. The van der Waals surface area contributed by atoms with Gasteiger partial charge in [0.05, 0.1) is 4.92 Å². The highest BCUT2D eigenvalue weighted by Crippen LogP contribution is 2.27. The van der Waals surface area contributed by atoms with E-state index >= 15 is 0 Å². The van der Waals surface area contributed by atoms with Gasteiger partial charge in [0.25, 0.3) is 0 Å². The van der Waals surface area contributed by atoms with E-state index in [1.54, 1.807) is 0 Å². The summed E-state index contributed by atoms with van der Waals surface area (Å²) in [4.78, 5) is 9.96. The second kappa shape index (κ2) is 5.44. The highest BCUT2D eigenvalue weighted by atomic mass is 19.1. The topological polar surface area (TPSA) is 55.2 Å². The highest BCUT2D eigenvalue weighted by Gasteiger charge is 2.19. The summed E-state index contributed by atoms with van der Waals surface area (Å²) < 4.78 is 13.2. The van der Waals surface area contributed by atoms with Gasteiger partial charge in [-0.25, -0.2) is 0 Å². The summed E-state index contributed by atoms with van der Waals surface area (Å²) in [5.41, 5.74) is -0.239. The third-order valence-corrected chi connectivity index (χ3v) is 2.21. The van der Waals surface area contributed by atoms with Crippen LogP contribution in [0.4, 0.5) is 15.8 Å². The summed E-state index contributed by atoms with van der Waals surface area (Å²) in [5, 5.41) is 13.6. The minimum atomic E-state index is -0.806. The van der Waals surface area contributed by atoms with E-state index in [1.165, 1.54) is 12.1 Å². The van der Waals surface area contributed by atoms with E-state index in [4.69, 9.17) is 0 Å². The summed E-state index contributed by atoms with van der Waals surface area (Å²) in [6.45, 7) is 4.71. The third kappa shape index (κ3) is 3.18. The number of rotatable bonds is 5. The largest absolute Gasteiger partial charge is 0.379 e. The second-order valence-electron chi connectivity index (χ2n) is 4.00. The number of nitrogens with zero attached hydrogens (tertiary/aromatic N) is 1. The van der Waals surface area contributed by atoms with E-state index in [1.807, 2.05) is 0 Å². The van der Waals surface area contributed by atoms with E-state index in [0.29, 0.717) is 12.5 Å². The lowest BCUT2D eigenvalue weighted by Gasteiger charge is -2.08. The summed E-state index contributed by atoms with van der Waals surface area (Å²) in [7, 11) is 0. The van der Waals surface area contributed by atoms with Gasteiger partial charge in [-0.15, -0.1) is 0 Å². The fourth-order valence-electron chi connectivity index (χ4n) is 1.34. The Bertz CT molecular complexity index is 380. The fraction of sp³-hybridized carbons (Fsp3) is 0.455. The molecule has 0 aliphatic rings. The number of nitro groups is 1. The normalized spacial score (nSPS) is 10.5. The van der Waals surface area contributed by atoms with Gasteiger partial charge in [-0.2, -0.15) is 4.39 Å². The average Bonchev–Trinajstić information content (AvgIpc) is 2.16. The SMILES string of the molecule is CC(C)CCNc1cccc(F)c1[N+](=O)[O-]. The number of hydrogen-bond acceptors (Lipinski definition) is 3. The molecule has 0 unspecified atom stereocenters. The number of anilines is 1. The summed E-state index contributed by atoms with van der Waals surface area (Å²) in [6, 6.07) is 4.06. The molecule has 0 fully saturated rings. The lowest BCUT2D eigenvalue weighted by atomic mass is 10.1. The third-order valence-electron chi connectivity index (χ3n) is 2.21. The van der Waals surface area contributed by atoms with Crippen molar-refractivity contribution in [1.29, 1.82) is 0 Å². The molecular formula is C11H15FN2O2. The maximum Gasteiger partial charge on any atom is 0.327 e. The summed E-state index contributed by atoms with van der Waals surface area (Å²) in [5.74, 6) is -0.306. The molecule has 1 N–H and O–H groups in total. The summed E-state index contributed by atoms with van der Waals surface area (Å²) >= 11 is 0. The van der Waals surface area contributed by atoms with E-state index in [0.717, 1.165) is 12.5 Å². The minimum absolute atomic E-state index is 0.241. The number of nitro benzene ring substituents is 1. The second-order valence-corrected chi connectivity index (χ2v) is 4.00. The Kier molecular flexibility index (Phi) is 4.22. The van der Waals surface area contributed by atoms with Crippen LogP contribution < -0.4 is 5.32 Å². The van der Waals surface area contributed by atoms with Gasteiger partial charge in [-0.05, 0) is 24.5 Å². The zero-order valence-corrected chi connectivity index (χ0v) is 9.37. The first-order chi connectivity index (χ1) is 7.52. The molecule has 0 aliphatic heterocycles. The molecule has 0 bridgehead atoms. The van der Waals surface area contributed by atoms with Crippen LogP contribution in [0.1, 0.15) is 20.3 Å². The Balaban J connectivity index is 2.79. The minimum Gasteiger partial charge on any atom is -0.379 e. The van der Waals surface area contributed by atoms with Crippen molar-refractivity contribution in [3.05, 3.63) is 34.1 Å². The lowest BCUT2D eigenvalue weighted by Crippen LogP contribution is -2.07. The Morgan fingerprint density at radius 1 is 1.50 bits per heavy atom. The van der Waals surface area contributed by atoms with Gasteiger partial charge < -0.3 is 5.32 Å². The number of hydrogen-bond donors (Lipinski definition) is 1. The van der Waals surface area contributed by atoms with E-state index in [-0.39, 0.29) is 5.69 Å². The predicted octanol–water partition coefficient (Wildman–Crippen LogP) is 3.19. The molecule has 0 amide bonds. The van der Waals surface area contributed by atoms with E-state index < -0.39 is 16.4 Å². The molecule has 0 aromatic heterocycles. The van der Waals surface area contributed by atoms with Gasteiger partial charge in [0.2, 0.25) is 5.82 Å². The van der Waals surface area contributed by atoms with Crippen molar-refractivity contribution in [2.24, 2.45) is 5.92 Å². The number of benzene rings is 1. The van der Waals surface area contributed by atoms with E-state index in [9.17, 15) is 14.5 Å². The van der Waals surface area contributed by atoms with Crippen molar-refractivity contribution in [3.63, 3.8) is 0 Å². The first kappa shape index (κ1) is 12.4. The van der Waals surface area contributed by atoms with Crippen LogP contribution in [0.3, 0.4) is 0 Å². The van der Waals surface area contributed by atoms with Crippen LogP contribution in [0.2, 0.25) is 0 Å². The lowest BCUT2D eigenvalue weighted by molar-refractivity contribution is -0.386. The first-order valence-corrected chi connectivity index (χ1v) is 5.19. The molecule has 1 aromatic rings. The average molecular weight is 226 g/mol. The summed E-state index contributed by atoms with van der Waals surface area (Å²) in [6.07, 6.45) is 0.883. The van der Waals surface area contributed by atoms with Gasteiger partial charge in [0, 0.05) is 6.54 Å². The Morgan fingerprint density at radius 2 is 2.19 bits per heavy atom. The monoisotopic (exact) mass is 226 g/mol. The zero-order chi connectivity index (χ0) is 12.1. The van der Waals surface area contributed by atoms with Crippen molar-refractivity contribution in [1.82, 2.24) is 0 Å². The maximum atomic E-state index is 13.2. The quantitative estimate of drug-likeness (QED) is 0.619. The van der Waals surface area contributed by atoms with Crippen LogP contribution in [-0.4, -0.2) is 11.5 Å². The van der Waals surface area contributed by atoms with Crippen LogP contribution in [0.25, 0.3) is 0 Å². The molecule has 0 saturated carbocycles. The van der Waals surface area contributed by atoms with Gasteiger partial charge >= 0.3 is 5.69 Å². The number of nitrogens with one attached hydrogen (secondary N) is 1. The molecule has 0 aliphatic carbocycles. The molecule has 0 atom stereocenters. The number of para-hydroxylation sites is 1. The van der Waals surface area contributed by atoms with Gasteiger partial charge in [0.15, 0.2) is 0 Å². The van der Waals surface area contributed by atoms with Crippen molar-refractivity contribution in [3.8, 4) is 0 Å². The maximum absolute atomic E-state index is 13.2. The highest BCUT2D eigenvalue weighted by molar-refractivity contribution is 5.61. The number of halogens is 1. The van der Waals surface area contributed by atoms with Crippen molar-refractivity contribution >= 4 is 11.4 Å². The Hall–Kier alpha value is -1.65. The van der Waals surface area contributed by atoms with Crippen molar-refractivity contribution in [2.45, 2.75) is 20.3 Å². The molecule has 0 saturated heterocycles. The zero-order valence-electron chi connectivity index (χ0n) is 9.37. The molecule has 0 radical (unpaired) electrons. The molecule has 1 rings (SSSR count). The van der Waals surface area contributed by atoms with Gasteiger partial charge in [-0.3, -0.25) is 10.1 Å². The van der Waals surface area contributed by atoms with Gasteiger partial charge in [-0.1, -0.05) is 19.9 Å². The van der Waals surface area contributed by atoms with Crippen LogP contribution in [0.5, 0.6) is 0 Å². The fourth-order valence-corrected chi connectivity index (χ4v) is 1.34. The Morgan fingerprint density at radius 3 is 2.75 bits per heavy atom. The molecule has 0 spiro atoms. The molecular weight excluding hydrogens is 211 g/mol. The standard InChI is InChI=1S/C11H15FN2O2/c1-8(2)6-7-13-10-5-3-4-9(12)11(10)14(15)16/h3-5,8,13H,6-7H2,1-2H3. The van der Waals surface area contributed by atoms with Crippen LogP contribution in [0, 0.1) is 21.8 Å². The molecule has 5 heteroatoms. The molecule has 88 valence electrons. The molecule has 16 heavy (non-hydrogen) atoms. The first-order valence-electron chi connectivity index (χ1n) is 5.19. The molecule has 1 aromatic carbocycles. The van der Waals surface area contributed by atoms with E-state index in [2.05, 4.69) is 19.2 Å². The Labute approximate surface area is 93.6 Å². The smallest absolute Gasteiger partial charge is 0.327 e. The molecule has 4 nitrogen and oxygen atoms in total. The predicted molar refractivity (Wildman–Crippen MR) is 61.0 cm³/mol. The van der Waals surface area contributed by atoms with Crippen LogP contribution in [-0.2, 0) is 0 Å². The van der Waals surface area contributed by atoms with Crippen molar-refractivity contribution < 1.29 is 9.31 Å². The van der Waals surface area contributed by atoms with Gasteiger partial charge in [0.1, 0.15) is 5.69 Å². The van der Waals surface area contributed by atoms with Crippen molar-refractivity contribution in [2.75, 3.05) is 11.9 Å². The van der Waals surface area contributed by atoms with Crippen LogP contribution >= 0.6 is 0 Å². The van der Waals surface area contributed by atoms with Crippen LogP contribution in [0.15, 0.2) is 18.2 Å².